The fourth-order valence-electron chi connectivity index (χ4n) is 4.93. The highest BCUT2D eigenvalue weighted by molar-refractivity contribution is 8.27. The molecule has 5 heterocycles. The molecule has 0 bridgehead atoms. The number of hydrogen-bond donors (Lipinski definition) is 0. The lowest BCUT2D eigenvalue weighted by molar-refractivity contribution is -0.145. The topological polar surface area (TPSA) is 137 Å². The summed E-state index contributed by atoms with van der Waals surface area (Å²) in [6.07, 6.45) is 2.84. The van der Waals surface area contributed by atoms with Gasteiger partial charge in [-0.2, -0.15) is 30.2 Å². The molecule has 204 valence electrons. The fourth-order valence-corrected chi connectivity index (χ4v) is 6.92. The lowest BCUT2D eigenvalue weighted by Crippen LogP contribution is -2.51. The fraction of sp³-hybridized carbons (Fsp3) is 0.333. The van der Waals surface area contributed by atoms with Crippen LogP contribution < -0.4 is 0 Å². The van der Waals surface area contributed by atoms with Crippen LogP contribution in [-0.4, -0.2) is 54.1 Å². The number of aliphatic imine (C=N–C) groups is 2. The first-order valence-electron chi connectivity index (χ1n) is 13.0. The van der Waals surface area contributed by atoms with Gasteiger partial charge in [-0.25, -0.2) is 0 Å². The Labute approximate surface area is 237 Å². The summed E-state index contributed by atoms with van der Waals surface area (Å²) >= 11 is 2.34. The van der Waals surface area contributed by atoms with E-state index in [-0.39, 0.29) is 16.1 Å². The molecule has 2 unspecified atom stereocenters. The Morgan fingerprint density at radius 1 is 0.775 bits per heavy atom. The molecule has 1 aromatic carbocycles. The third-order valence-electron chi connectivity index (χ3n) is 6.76. The Balaban J connectivity index is 1.44. The van der Waals surface area contributed by atoms with Crippen molar-refractivity contribution in [1.29, 1.82) is 0 Å². The zero-order chi connectivity index (χ0) is 28.0. The van der Waals surface area contributed by atoms with Gasteiger partial charge in [0.05, 0.1) is 5.92 Å². The number of amides is 4. The quantitative estimate of drug-likeness (QED) is 0.424. The highest BCUT2D eigenvalue weighted by Gasteiger charge is 2.56. The number of thioether (sulfide) groups is 2. The van der Waals surface area contributed by atoms with E-state index in [2.05, 4.69) is 20.2 Å². The third kappa shape index (κ3) is 4.52. The second-order valence-corrected chi connectivity index (χ2v) is 11.6. The Hall–Kier alpha value is -3.84. The minimum atomic E-state index is -1.52. The van der Waals surface area contributed by atoms with E-state index in [0.29, 0.717) is 28.7 Å². The molecule has 2 atom stereocenters. The number of hydrazone groups is 2. The molecule has 0 spiro atoms. The molecule has 40 heavy (non-hydrogen) atoms. The summed E-state index contributed by atoms with van der Waals surface area (Å²) in [5, 5.41) is 12.6. The Bertz CT molecular complexity index is 1470. The molecule has 0 radical (unpaired) electrons. The molecule has 4 aliphatic rings. The van der Waals surface area contributed by atoms with Crippen molar-refractivity contribution < 1.29 is 23.6 Å². The Kier molecular flexibility index (Phi) is 7.00. The molecule has 4 aliphatic heterocycles. The van der Waals surface area contributed by atoms with Crippen molar-refractivity contribution in [3.05, 3.63) is 48.2 Å². The number of nitrogens with zero attached hydrogens (tertiary/aromatic N) is 6. The molecule has 0 saturated carbocycles. The Morgan fingerprint density at radius 3 is 1.80 bits per heavy atom. The van der Waals surface area contributed by atoms with Gasteiger partial charge in [0.25, 0.3) is 23.6 Å². The molecule has 6 rings (SSSR count). The molecule has 13 heteroatoms. The van der Waals surface area contributed by atoms with Crippen molar-refractivity contribution in [2.45, 2.75) is 45.4 Å². The van der Waals surface area contributed by atoms with Crippen LogP contribution in [0.4, 0.5) is 0 Å². The van der Waals surface area contributed by atoms with E-state index in [9.17, 15) is 19.2 Å². The average molecular weight is 577 g/mol. The largest absolute Gasteiger partial charge is 0.461 e. The van der Waals surface area contributed by atoms with E-state index in [0.717, 1.165) is 28.4 Å². The zero-order valence-electron chi connectivity index (χ0n) is 21.6. The van der Waals surface area contributed by atoms with Gasteiger partial charge < -0.3 is 4.42 Å². The minimum Gasteiger partial charge on any atom is -0.461 e. The SMILES string of the molecule is CCCC1=NN2C(=O)C(C(c3ccc(-c4ccccc4)o3)C3C(=O)N=C4SC(CCC)=NN4C3=O)C(=O)N=C2S1. The van der Waals surface area contributed by atoms with Crippen molar-refractivity contribution in [2.75, 3.05) is 0 Å². The van der Waals surface area contributed by atoms with Gasteiger partial charge in [0.15, 0.2) is 0 Å². The van der Waals surface area contributed by atoms with Gasteiger partial charge >= 0.3 is 0 Å². The molecule has 1 aromatic heterocycles. The molecule has 0 N–H and O–H groups in total. The first-order valence-corrected chi connectivity index (χ1v) is 14.6. The van der Waals surface area contributed by atoms with Gasteiger partial charge in [0.2, 0.25) is 10.3 Å². The van der Waals surface area contributed by atoms with Crippen LogP contribution in [0, 0.1) is 11.8 Å². The predicted octanol–water partition coefficient (Wildman–Crippen LogP) is 4.43. The van der Waals surface area contributed by atoms with Crippen molar-refractivity contribution in [3.8, 4) is 11.3 Å². The molecule has 2 aromatic rings. The summed E-state index contributed by atoms with van der Waals surface area (Å²) in [6, 6.07) is 12.5. The summed E-state index contributed by atoms with van der Waals surface area (Å²) < 4.78 is 6.15. The van der Waals surface area contributed by atoms with Crippen molar-refractivity contribution >= 4 is 67.6 Å². The van der Waals surface area contributed by atoms with E-state index < -0.39 is 41.4 Å². The highest BCUT2D eigenvalue weighted by atomic mass is 32.2. The van der Waals surface area contributed by atoms with Gasteiger partial charge in [0.1, 0.15) is 33.4 Å². The van der Waals surface area contributed by atoms with Crippen molar-refractivity contribution in [3.63, 3.8) is 0 Å². The number of carbonyl (C=O) groups excluding carboxylic acids is 4. The lowest BCUT2D eigenvalue weighted by Gasteiger charge is -2.33. The molecule has 0 fully saturated rings. The van der Waals surface area contributed by atoms with Crippen LogP contribution >= 0.6 is 23.5 Å². The first-order chi connectivity index (χ1) is 19.4. The maximum Gasteiger partial charge on any atom is 0.262 e. The van der Waals surface area contributed by atoms with Gasteiger partial charge in [-0.3, -0.25) is 19.2 Å². The van der Waals surface area contributed by atoms with Crippen molar-refractivity contribution in [1.82, 2.24) is 10.0 Å². The summed E-state index contributed by atoms with van der Waals surface area (Å²) in [5.74, 6) is -6.62. The summed E-state index contributed by atoms with van der Waals surface area (Å²) in [4.78, 5) is 62.9. The van der Waals surface area contributed by atoms with E-state index in [4.69, 9.17) is 4.42 Å². The lowest BCUT2D eigenvalue weighted by atomic mass is 9.76. The van der Waals surface area contributed by atoms with E-state index in [1.807, 2.05) is 44.2 Å². The van der Waals surface area contributed by atoms with Gasteiger partial charge in [-0.05, 0) is 61.3 Å². The van der Waals surface area contributed by atoms with Crippen LogP contribution in [0.1, 0.15) is 51.2 Å². The number of hydrogen-bond acceptors (Lipinski definition) is 9. The number of carbonyl (C=O) groups is 4. The van der Waals surface area contributed by atoms with Gasteiger partial charge in [-0.15, -0.1) is 0 Å². The van der Waals surface area contributed by atoms with Crippen LogP contribution in [0.15, 0.2) is 67.1 Å². The van der Waals surface area contributed by atoms with Crippen LogP contribution in [-0.2, 0) is 19.2 Å². The number of fused-ring (bicyclic) bond motifs is 2. The monoisotopic (exact) mass is 576 g/mol. The molecular weight excluding hydrogens is 552 g/mol. The smallest absolute Gasteiger partial charge is 0.262 e. The maximum absolute atomic E-state index is 13.8. The molecule has 0 aliphatic carbocycles. The van der Waals surface area contributed by atoms with Gasteiger partial charge in [-0.1, -0.05) is 44.2 Å². The summed E-state index contributed by atoms with van der Waals surface area (Å²) in [5.41, 5.74) is 0.755. The standard InChI is InChI=1S/C27H24N6O5S2/c1-3-8-17-30-32-24(36)20(22(34)28-26(32)39-17)19(16-13-12-15(38-16)14-10-6-5-7-11-14)21-23(35)29-27-33(25(21)37)31-18(40-27)9-4-2/h5-7,10-13,19-21H,3-4,8-9H2,1-2H3. The third-order valence-corrected chi connectivity index (χ3v) is 8.69. The Morgan fingerprint density at radius 2 is 1.30 bits per heavy atom. The maximum atomic E-state index is 13.8. The second-order valence-electron chi connectivity index (χ2n) is 9.51. The zero-order valence-corrected chi connectivity index (χ0v) is 23.3. The minimum absolute atomic E-state index is 0.128. The van der Waals surface area contributed by atoms with Crippen LogP contribution in [0.5, 0.6) is 0 Å². The number of furan rings is 1. The van der Waals surface area contributed by atoms with E-state index in [1.54, 1.807) is 12.1 Å². The molecule has 11 nitrogen and oxygen atoms in total. The van der Waals surface area contributed by atoms with Crippen LogP contribution in [0.2, 0.25) is 0 Å². The highest BCUT2D eigenvalue weighted by Crippen LogP contribution is 2.44. The summed E-state index contributed by atoms with van der Waals surface area (Å²) in [7, 11) is 0. The number of benzene rings is 1. The second kappa shape index (κ2) is 10.6. The van der Waals surface area contributed by atoms with E-state index in [1.165, 1.54) is 23.5 Å². The summed E-state index contributed by atoms with van der Waals surface area (Å²) in [6.45, 7) is 3.96. The van der Waals surface area contributed by atoms with Crippen LogP contribution in [0.25, 0.3) is 11.3 Å². The average Bonchev–Trinajstić information content (AvgIpc) is 3.67. The normalized spacial score (nSPS) is 23.1. The van der Waals surface area contributed by atoms with Crippen LogP contribution in [0.3, 0.4) is 0 Å². The first kappa shape index (κ1) is 26.4. The molecule has 0 saturated heterocycles. The van der Waals surface area contributed by atoms with E-state index >= 15 is 0 Å². The predicted molar refractivity (Wildman–Crippen MR) is 152 cm³/mol. The molecule has 4 amide bonds. The molecular formula is C27H24N6O5S2. The number of rotatable bonds is 8. The van der Waals surface area contributed by atoms with Gasteiger partial charge in [0, 0.05) is 5.56 Å². The number of amidine groups is 2. The van der Waals surface area contributed by atoms with Crippen molar-refractivity contribution in [2.24, 2.45) is 32.0 Å².